The fraction of sp³-hybridized carbons (Fsp3) is 0. The van der Waals surface area contributed by atoms with Crippen LogP contribution in [0.4, 0.5) is 0 Å². The molecular formula is C12H12ClN3. The highest BCUT2D eigenvalue weighted by Crippen LogP contribution is 2.15. The molecule has 2 N–H and O–H groups in total. The van der Waals surface area contributed by atoms with Crippen molar-refractivity contribution in [1.29, 1.82) is 0 Å². The first-order valence-electron chi connectivity index (χ1n) is 4.65. The van der Waals surface area contributed by atoms with E-state index < -0.39 is 0 Å². The molecule has 16 heavy (non-hydrogen) atoms. The minimum Gasteiger partial charge on any atom is -0.323 e. The molecule has 0 aliphatic heterocycles. The van der Waals surface area contributed by atoms with E-state index >= 15 is 0 Å². The average Bonchev–Trinajstić information content (AvgIpc) is 2.32. The molecule has 2 aromatic rings. The van der Waals surface area contributed by atoms with Crippen LogP contribution < -0.4 is 5.84 Å². The van der Waals surface area contributed by atoms with Crippen molar-refractivity contribution in [3.8, 4) is 11.3 Å². The average molecular weight is 234 g/mol. The zero-order valence-corrected chi connectivity index (χ0v) is 9.39. The van der Waals surface area contributed by atoms with E-state index in [1.165, 1.54) is 0 Å². The largest absolute Gasteiger partial charge is 0.323 e. The lowest BCUT2D eigenvalue weighted by Crippen LogP contribution is -1.87. The number of nitrogens with zero attached hydrogens (tertiary/aromatic N) is 2. The van der Waals surface area contributed by atoms with Crippen LogP contribution in [0.25, 0.3) is 11.3 Å². The van der Waals surface area contributed by atoms with Gasteiger partial charge in [0.15, 0.2) is 0 Å². The monoisotopic (exact) mass is 233 g/mol. The Kier molecular flexibility index (Phi) is 4.48. The Balaban J connectivity index is 0.00000128. The number of halogens is 1. The van der Waals surface area contributed by atoms with Crippen LogP contribution in [-0.4, -0.2) is 11.2 Å². The number of aromatic nitrogens is 1. The van der Waals surface area contributed by atoms with Crippen LogP contribution in [0.3, 0.4) is 0 Å². The van der Waals surface area contributed by atoms with Crippen LogP contribution in [-0.2, 0) is 0 Å². The predicted octanol–water partition coefficient (Wildman–Crippen LogP) is 2.46. The van der Waals surface area contributed by atoms with E-state index in [0.717, 1.165) is 16.8 Å². The van der Waals surface area contributed by atoms with Crippen molar-refractivity contribution in [1.82, 2.24) is 4.98 Å². The van der Waals surface area contributed by atoms with E-state index in [4.69, 9.17) is 5.84 Å². The van der Waals surface area contributed by atoms with Crippen molar-refractivity contribution in [2.45, 2.75) is 0 Å². The summed E-state index contributed by atoms with van der Waals surface area (Å²) in [5.41, 5.74) is 3.04. The molecule has 0 atom stereocenters. The summed E-state index contributed by atoms with van der Waals surface area (Å²) in [7, 11) is 0. The topological polar surface area (TPSA) is 51.3 Å². The number of hydrogen-bond donors (Lipinski definition) is 1. The zero-order valence-electron chi connectivity index (χ0n) is 8.58. The molecule has 0 radical (unpaired) electrons. The maximum atomic E-state index is 5.07. The number of hydrazone groups is 1. The highest BCUT2D eigenvalue weighted by atomic mass is 35.5. The minimum atomic E-state index is 0. The van der Waals surface area contributed by atoms with E-state index in [0.29, 0.717) is 0 Å². The number of rotatable bonds is 2. The first-order valence-corrected chi connectivity index (χ1v) is 4.65. The number of hydrogen-bond acceptors (Lipinski definition) is 3. The second-order valence-corrected chi connectivity index (χ2v) is 3.12. The molecule has 0 unspecified atom stereocenters. The summed E-state index contributed by atoms with van der Waals surface area (Å²) in [6.45, 7) is 0. The maximum Gasteiger partial charge on any atom is 0.0701 e. The lowest BCUT2D eigenvalue weighted by atomic mass is 10.1. The van der Waals surface area contributed by atoms with E-state index in [1.807, 2.05) is 42.5 Å². The fourth-order valence-corrected chi connectivity index (χ4v) is 1.36. The fourth-order valence-electron chi connectivity index (χ4n) is 1.36. The van der Waals surface area contributed by atoms with Crippen LogP contribution >= 0.6 is 12.4 Å². The van der Waals surface area contributed by atoms with E-state index in [2.05, 4.69) is 10.1 Å². The Morgan fingerprint density at radius 1 is 1.06 bits per heavy atom. The molecule has 0 spiro atoms. The number of nitrogens with two attached hydrogens (primary N) is 1. The summed E-state index contributed by atoms with van der Waals surface area (Å²) >= 11 is 0. The molecule has 0 fully saturated rings. The van der Waals surface area contributed by atoms with Gasteiger partial charge in [0, 0.05) is 11.8 Å². The summed E-state index contributed by atoms with van der Waals surface area (Å²) in [5.74, 6) is 5.07. The van der Waals surface area contributed by atoms with Crippen molar-refractivity contribution < 1.29 is 0 Å². The van der Waals surface area contributed by atoms with Gasteiger partial charge in [-0.15, -0.1) is 12.4 Å². The van der Waals surface area contributed by atoms with Gasteiger partial charge in [-0.1, -0.05) is 30.3 Å². The molecule has 1 heterocycles. The van der Waals surface area contributed by atoms with Gasteiger partial charge in [-0.05, 0) is 17.7 Å². The summed E-state index contributed by atoms with van der Waals surface area (Å²) in [6.07, 6.45) is 3.40. The minimum absolute atomic E-state index is 0. The Hall–Kier alpha value is -1.87. The molecule has 1 aromatic carbocycles. The van der Waals surface area contributed by atoms with Gasteiger partial charge in [-0.3, -0.25) is 4.98 Å². The molecule has 3 nitrogen and oxygen atoms in total. The Labute approximate surface area is 100 Å². The lowest BCUT2D eigenvalue weighted by molar-refractivity contribution is 1.26. The van der Waals surface area contributed by atoms with E-state index in [9.17, 15) is 0 Å². The first kappa shape index (κ1) is 12.2. The SMILES string of the molecule is Cl.NN=Cc1ccc(-c2ccccn2)cc1. The predicted molar refractivity (Wildman–Crippen MR) is 68.7 cm³/mol. The van der Waals surface area contributed by atoms with Gasteiger partial charge in [0.2, 0.25) is 0 Å². The van der Waals surface area contributed by atoms with Gasteiger partial charge in [0.05, 0.1) is 11.9 Å². The van der Waals surface area contributed by atoms with Gasteiger partial charge in [0.1, 0.15) is 0 Å². The first-order chi connectivity index (χ1) is 7.40. The van der Waals surface area contributed by atoms with Gasteiger partial charge in [-0.2, -0.15) is 5.10 Å². The third kappa shape index (κ3) is 2.81. The van der Waals surface area contributed by atoms with Crippen LogP contribution in [0.5, 0.6) is 0 Å². The lowest BCUT2D eigenvalue weighted by Gasteiger charge is -2.00. The van der Waals surface area contributed by atoms with Crippen LogP contribution in [0.1, 0.15) is 5.56 Å². The quantitative estimate of drug-likeness (QED) is 0.492. The molecule has 1 aromatic heterocycles. The van der Waals surface area contributed by atoms with Crippen molar-refractivity contribution in [2.75, 3.05) is 0 Å². The standard InChI is InChI=1S/C12H11N3.ClH/c13-15-9-10-4-6-11(7-5-10)12-3-1-2-8-14-12;/h1-9H,13H2;1H. The molecule has 0 saturated carbocycles. The summed E-state index contributed by atoms with van der Waals surface area (Å²) in [4.78, 5) is 4.27. The van der Waals surface area contributed by atoms with Gasteiger partial charge >= 0.3 is 0 Å². The second kappa shape index (κ2) is 5.88. The van der Waals surface area contributed by atoms with Crippen molar-refractivity contribution in [3.05, 3.63) is 54.2 Å². The summed E-state index contributed by atoms with van der Waals surface area (Å²) < 4.78 is 0. The second-order valence-electron chi connectivity index (χ2n) is 3.12. The smallest absolute Gasteiger partial charge is 0.0701 e. The van der Waals surface area contributed by atoms with Crippen molar-refractivity contribution >= 4 is 18.6 Å². The summed E-state index contributed by atoms with van der Waals surface area (Å²) in [5, 5.41) is 3.47. The molecule has 0 amide bonds. The number of pyridine rings is 1. The molecule has 82 valence electrons. The maximum absolute atomic E-state index is 5.07. The van der Waals surface area contributed by atoms with Crippen LogP contribution in [0.15, 0.2) is 53.8 Å². The van der Waals surface area contributed by atoms with Crippen molar-refractivity contribution in [2.24, 2.45) is 10.9 Å². The van der Waals surface area contributed by atoms with Gasteiger partial charge in [0.25, 0.3) is 0 Å². The van der Waals surface area contributed by atoms with E-state index in [1.54, 1.807) is 12.4 Å². The highest BCUT2D eigenvalue weighted by molar-refractivity contribution is 5.85. The Bertz CT molecular complexity index is 451. The highest BCUT2D eigenvalue weighted by Gasteiger charge is 1.96. The molecule has 0 saturated heterocycles. The van der Waals surface area contributed by atoms with Crippen LogP contribution in [0, 0.1) is 0 Å². The molecule has 4 heteroatoms. The Morgan fingerprint density at radius 2 is 1.81 bits per heavy atom. The number of benzene rings is 1. The third-order valence-corrected chi connectivity index (χ3v) is 2.09. The third-order valence-electron chi connectivity index (χ3n) is 2.09. The molecule has 0 bridgehead atoms. The van der Waals surface area contributed by atoms with E-state index in [-0.39, 0.29) is 12.4 Å². The zero-order chi connectivity index (χ0) is 10.5. The Morgan fingerprint density at radius 3 is 2.38 bits per heavy atom. The molecule has 2 rings (SSSR count). The normalized spacial score (nSPS) is 10.0. The van der Waals surface area contributed by atoms with Gasteiger partial charge in [-0.25, -0.2) is 0 Å². The summed E-state index contributed by atoms with van der Waals surface area (Å²) in [6, 6.07) is 13.8. The molecule has 0 aliphatic carbocycles. The molecule has 0 aliphatic rings. The van der Waals surface area contributed by atoms with Crippen molar-refractivity contribution in [3.63, 3.8) is 0 Å². The van der Waals surface area contributed by atoms with Gasteiger partial charge < -0.3 is 5.84 Å². The van der Waals surface area contributed by atoms with Crippen LogP contribution in [0.2, 0.25) is 0 Å². The molecular weight excluding hydrogens is 222 g/mol.